The van der Waals surface area contributed by atoms with E-state index in [9.17, 15) is 4.39 Å². The van der Waals surface area contributed by atoms with Crippen LogP contribution in [0.15, 0.2) is 36.4 Å². The predicted octanol–water partition coefficient (Wildman–Crippen LogP) is 3.38. The van der Waals surface area contributed by atoms with Gasteiger partial charge in [-0.1, -0.05) is 6.07 Å². The molecule has 0 amide bonds. The molecule has 0 heterocycles. The highest BCUT2D eigenvalue weighted by atomic mass is 19.1. The molecular formula is C14H11FN2O. The van der Waals surface area contributed by atoms with E-state index in [0.29, 0.717) is 28.3 Å². The summed E-state index contributed by atoms with van der Waals surface area (Å²) in [7, 11) is 0. The Balaban J connectivity index is 2.33. The third kappa shape index (κ3) is 2.41. The third-order valence-electron chi connectivity index (χ3n) is 2.51. The van der Waals surface area contributed by atoms with Crippen molar-refractivity contribution >= 4 is 5.69 Å². The zero-order chi connectivity index (χ0) is 13.1. The zero-order valence-electron chi connectivity index (χ0n) is 9.77. The molecule has 2 N–H and O–H groups in total. The van der Waals surface area contributed by atoms with Gasteiger partial charge in [-0.3, -0.25) is 0 Å². The third-order valence-corrected chi connectivity index (χ3v) is 2.51. The van der Waals surface area contributed by atoms with Gasteiger partial charge in [-0.2, -0.15) is 5.26 Å². The molecule has 0 saturated carbocycles. The van der Waals surface area contributed by atoms with Crippen molar-refractivity contribution in [3.8, 4) is 17.6 Å². The second-order valence-corrected chi connectivity index (χ2v) is 3.88. The van der Waals surface area contributed by atoms with Gasteiger partial charge in [-0.15, -0.1) is 0 Å². The highest BCUT2D eigenvalue weighted by Gasteiger charge is 2.06. The quantitative estimate of drug-likeness (QED) is 0.821. The van der Waals surface area contributed by atoms with Gasteiger partial charge in [0, 0.05) is 12.1 Å². The number of nitriles is 1. The number of aryl methyl sites for hydroxylation is 1. The van der Waals surface area contributed by atoms with Crippen LogP contribution in [0.2, 0.25) is 0 Å². The van der Waals surface area contributed by atoms with Crippen molar-refractivity contribution in [1.82, 2.24) is 0 Å². The van der Waals surface area contributed by atoms with E-state index in [1.165, 1.54) is 12.1 Å². The molecule has 0 aliphatic carbocycles. The normalized spacial score (nSPS) is 9.83. The second kappa shape index (κ2) is 4.76. The number of benzene rings is 2. The fourth-order valence-corrected chi connectivity index (χ4v) is 1.46. The first-order valence-corrected chi connectivity index (χ1v) is 5.34. The molecule has 0 spiro atoms. The topological polar surface area (TPSA) is 59.0 Å². The van der Waals surface area contributed by atoms with Crippen LogP contribution in [0.25, 0.3) is 0 Å². The van der Waals surface area contributed by atoms with Crippen LogP contribution in [0.5, 0.6) is 11.5 Å². The summed E-state index contributed by atoms with van der Waals surface area (Å²) < 4.78 is 18.8. The van der Waals surface area contributed by atoms with Crippen molar-refractivity contribution < 1.29 is 9.13 Å². The average Bonchev–Trinajstić information content (AvgIpc) is 2.36. The maximum atomic E-state index is 13.4. The molecule has 0 radical (unpaired) electrons. The highest BCUT2D eigenvalue weighted by Crippen LogP contribution is 2.29. The van der Waals surface area contributed by atoms with E-state index in [1.54, 1.807) is 31.2 Å². The standard InChI is InChI=1S/C14H11FN2O/c1-9-2-4-11(7-12(9)15)18-14-6-10(8-16)3-5-13(14)17/h2-7H,17H2,1H3. The maximum absolute atomic E-state index is 13.4. The summed E-state index contributed by atoms with van der Waals surface area (Å²) in [5.74, 6) is 0.347. The Kier molecular flexibility index (Phi) is 3.16. The summed E-state index contributed by atoms with van der Waals surface area (Å²) in [6, 6.07) is 11.2. The zero-order valence-corrected chi connectivity index (χ0v) is 9.77. The van der Waals surface area contributed by atoms with Gasteiger partial charge in [0.2, 0.25) is 0 Å². The van der Waals surface area contributed by atoms with Crippen LogP contribution < -0.4 is 10.5 Å². The minimum Gasteiger partial charge on any atom is -0.455 e. The van der Waals surface area contributed by atoms with Gasteiger partial charge in [0.05, 0.1) is 17.3 Å². The number of hydrogen-bond donors (Lipinski definition) is 1. The van der Waals surface area contributed by atoms with Crippen LogP contribution in [-0.4, -0.2) is 0 Å². The lowest BCUT2D eigenvalue weighted by molar-refractivity contribution is 0.478. The van der Waals surface area contributed by atoms with Crippen molar-refractivity contribution in [2.75, 3.05) is 5.73 Å². The van der Waals surface area contributed by atoms with E-state index in [-0.39, 0.29) is 5.82 Å². The van der Waals surface area contributed by atoms with E-state index in [2.05, 4.69) is 0 Å². The fraction of sp³-hybridized carbons (Fsp3) is 0.0714. The van der Waals surface area contributed by atoms with Gasteiger partial charge in [0.25, 0.3) is 0 Å². The summed E-state index contributed by atoms with van der Waals surface area (Å²) >= 11 is 0. The molecule has 2 aromatic rings. The first-order valence-electron chi connectivity index (χ1n) is 5.34. The fourth-order valence-electron chi connectivity index (χ4n) is 1.46. The molecular weight excluding hydrogens is 231 g/mol. The summed E-state index contributed by atoms with van der Waals surface area (Å²) in [6.45, 7) is 1.67. The Morgan fingerprint density at radius 1 is 1.22 bits per heavy atom. The second-order valence-electron chi connectivity index (χ2n) is 3.88. The lowest BCUT2D eigenvalue weighted by atomic mass is 10.2. The molecule has 3 nitrogen and oxygen atoms in total. The van der Waals surface area contributed by atoms with Crippen molar-refractivity contribution in [2.24, 2.45) is 0 Å². The van der Waals surface area contributed by atoms with Gasteiger partial charge in [0.15, 0.2) is 5.75 Å². The van der Waals surface area contributed by atoms with E-state index in [0.717, 1.165) is 0 Å². The van der Waals surface area contributed by atoms with Crippen LogP contribution in [0.4, 0.5) is 10.1 Å². The molecule has 2 rings (SSSR count). The van der Waals surface area contributed by atoms with Gasteiger partial charge >= 0.3 is 0 Å². The Bertz CT molecular complexity index is 632. The van der Waals surface area contributed by atoms with E-state index < -0.39 is 0 Å². The number of rotatable bonds is 2. The van der Waals surface area contributed by atoms with Gasteiger partial charge < -0.3 is 10.5 Å². The van der Waals surface area contributed by atoms with E-state index >= 15 is 0 Å². The smallest absolute Gasteiger partial charge is 0.151 e. The van der Waals surface area contributed by atoms with Crippen molar-refractivity contribution in [1.29, 1.82) is 5.26 Å². The number of hydrogen-bond acceptors (Lipinski definition) is 3. The van der Waals surface area contributed by atoms with Crippen LogP contribution >= 0.6 is 0 Å². The summed E-state index contributed by atoms with van der Waals surface area (Å²) in [6.07, 6.45) is 0. The van der Waals surface area contributed by atoms with Crippen LogP contribution in [0, 0.1) is 24.1 Å². The Hall–Kier alpha value is -2.54. The van der Waals surface area contributed by atoms with Crippen molar-refractivity contribution in [3.63, 3.8) is 0 Å². The number of nitrogens with two attached hydrogens (primary N) is 1. The molecule has 0 aliphatic heterocycles. The predicted molar refractivity (Wildman–Crippen MR) is 66.8 cm³/mol. The number of nitrogens with zero attached hydrogens (tertiary/aromatic N) is 1. The van der Waals surface area contributed by atoms with Gasteiger partial charge in [0.1, 0.15) is 11.6 Å². The van der Waals surface area contributed by atoms with Crippen LogP contribution in [0.3, 0.4) is 0 Å². The lowest BCUT2D eigenvalue weighted by Crippen LogP contribution is -1.93. The average molecular weight is 242 g/mol. The lowest BCUT2D eigenvalue weighted by Gasteiger charge is -2.09. The van der Waals surface area contributed by atoms with E-state index in [4.69, 9.17) is 15.7 Å². The summed E-state index contributed by atoms with van der Waals surface area (Å²) in [5.41, 5.74) is 7.11. The SMILES string of the molecule is Cc1ccc(Oc2cc(C#N)ccc2N)cc1F. The van der Waals surface area contributed by atoms with Crippen LogP contribution in [-0.2, 0) is 0 Å². The first kappa shape index (κ1) is 11.9. The van der Waals surface area contributed by atoms with Crippen molar-refractivity contribution in [2.45, 2.75) is 6.92 Å². The van der Waals surface area contributed by atoms with Gasteiger partial charge in [-0.25, -0.2) is 4.39 Å². The number of halogens is 1. The largest absolute Gasteiger partial charge is 0.455 e. The molecule has 0 saturated heterocycles. The molecule has 90 valence electrons. The highest BCUT2D eigenvalue weighted by molar-refractivity contribution is 5.57. The summed E-state index contributed by atoms with van der Waals surface area (Å²) in [5, 5.41) is 8.79. The molecule has 4 heteroatoms. The molecule has 18 heavy (non-hydrogen) atoms. The Morgan fingerprint density at radius 2 is 2.00 bits per heavy atom. The molecule has 2 aromatic carbocycles. The molecule has 0 aliphatic rings. The van der Waals surface area contributed by atoms with Gasteiger partial charge in [-0.05, 0) is 30.7 Å². The van der Waals surface area contributed by atoms with Crippen LogP contribution in [0.1, 0.15) is 11.1 Å². The van der Waals surface area contributed by atoms with Crippen molar-refractivity contribution in [3.05, 3.63) is 53.3 Å². The summed E-state index contributed by atoms with van der Waals surface area (Å²) in [4.78, 5) is 0. The Labute approximate surface area is 104 Å². The molecule has 0 aromatic heterocycles. The minimum atomic E-state index is -0.345. The molecule has 0 atom stereocenters. The minimum absolute atomic E-state index is 0.345. The molecule has 0 bridgehead atoms. The molecule has 0 fully saturated rings. The first-order chi connectivity index (χ1) is 8.60. The number of nitrogen functional groups attached to an aromatic ring is 1. The van der Waals surface area contributed by atoms with E-state index in [1.807, 2.05) is 6.07 Å². The monoisotopic (exact) mass is 242 g/mol. The Morgan fingerprint density at radius 3 is 2.67 bits per heavy atom. The molecule has 0 unspecified atom stereocenters. The number of anilines is 1. The number of ether oxygens (including phenoxy) is 1. The maximum Gasteiger partial charge on any atom is 0.151 e.